The maximum absolute atomic E-state index is 8.89. The van der Waals surface area contributed by atoms with Crippen molar-refractivity contribution in [3.05, 3.63) is 0 Å². The van der Waals surface area contributed by atoms with Crippen molar-refractivity contribution >= 4 is 5.71 Å². The third-order valence-electron chi connectivity index (χ3n) is 3.58. The highest BCUT2D eigenvalue weighted by Gasteiger charge is 2.23. The number of nitrogens with zero attached hydrogens (tertiary/aromatic N) is 2. The first-order chi connectivity index (χ1) is 7.81. The van der Waals surface area contributed by atoms with E-state index < -0.39 is 0 Å². The van der Waals surface area contributed by atoms with Gasteiger partial charge in [0.25, 0.3) is 0 Å². The van der Waals surface area contributed by atoms with Crippen molar-refractivity contribution < 1.29 is 5.21 Å². The number of rotatable bonds is 6. The second-order valence-corrected chi connectivity index (χ2v) is 4.81. The van der Waals surface area contributed by atoms with Gasteiger partial charge in [-0.05, 0) is 19.4 Å². The zero-order valence-electron chi connectivity index (χ0n) is 10.8. The van der Waals surface area contributed by atoms with Crippen LogP contribution < -0.4 is 0 Å². The lowest BCUT2D eigenvalue weighted by molar-refractivity contribution is 0.223. The summed E-state index contributed by atoms with van der Waals surface area (Å²) in [7, 11) is 0. The summed E-state index contributed by atoms with van der Waals surface area (Å²) >= 11 is 0. The van der Waals surface area contributed by atoms with Gasteiger partial charge in [0, 0.05) is 25.4 Å². The summed E-state index contributed by atoms with van der Waals surface area (Å²) in [6.45, 7) is 7.80. The van der Waals surface area contributed by atoms with Crippen molar-refractivity contribution in [2.75, 3.05) is 19.6 Å². The van der Waals surface area contributed by atoms with E-state index in [1.165, 1.54) is 32.2 Å². The standard InChI is InChI=1S/C13H26N2O/c1-3-5-6-7-9-15-10-8-13(14-16)12(4-2)11-15/h12,16H,3-11H2,1-2H3. The molecule has 0 amide bonds. The molecule has 94 valence electrons. The molecule has 0 aromatic carbocycles. The first-order valence-electron chi connectivity index (χ1n) is 6.75. The van der Waals surface area contributed by atoms with Crippen molar-refractivity contribution in [3.8, 4) is 0 Å². The lowest BCUT2D eigenvalue weighted by Gasteiger charge is -2.32. The molecular formula is C13H26N2O. The predicted molar refractivity (Wildman–Crippen MR) is 68.2 cm³/mol. The third kappa shape index (κ3) is 4.12. The van der Waals surface area contributed by atoms with Crippen LogP contribution in [-0.2, 0) is 0 Å². The maximum atomic E-state index is 8.89. The summed E-state index contributed by atoms with van der Waals surface area (Å²) in [6, 6.07) is 0. The van der Waals surface area contributed by atoms with E-state index in [9.17, 15) is 0 Å². The van der Waals surface area contributed by atoms with E-state index in [0.717, 1.165) is 31.6 Å². The van der Waals surface area contributed by atoms with Gasteiger partial charge in [-0.15, -0.1) is 0 Å². The number of piperidine rings is 1. The molecule has 0 bridgehead atoms. The SMILES string of the molecule is CCCCCCN1CCC(=NO)C(CC)C1. The third-order valence-corrected chi connectivity index (χ3v) is 3.58. The quantitative estimate of drug-likeness (QED) is 0.429. The van der Waals surface area contributed by atoms with E-state index in [-0.39, 0.29) is 0 Å². The molecule has 0 aromatic rings. The van der Waals surface area contributed by atoms with Gasteiger partial charge in [-0.1, -0.05) is 38.3 Å². The highest BCUT2D eigenvalue weighted by Crippen LogP contribution is 2.17. The van der Waals surface area contributed by atoms with Crippen LogP contribution in [0.15, 0.2) is 5.16 Å². The Morgan fingerprint density at radius 2 is 2.12 bits per heavy atom. The summed E-state index contributed by atoms with van der Waals surface area (Å²) in [5.41, 5.74) is 1.01. The summed E-state index contributed by atoms with van der Waals surface area (Å²) in [6.07, 6.45) is 7.36. The molecule has 0 aliphatic carbocycles. The molecule has 1 saturated heterocycles. The van der Waals surface area contributed by atoms with Gasteiger partial charge in [0.15, 0.2) is 0 Å². The maximum Gasteiger partial charge on any atom is 0.0627 e. The summed E-state index contributed by atoms with van der Waals surface area (Å²) in [4.78, 5) is 2.53. The largest absolute Gasteiger partial charge is 0.411 e. The Bertz CT molecular complexity index is 216. The van der Waals surface area contributed by atoms with E-state index in [2.05, 4.69) is 23.9 Å². The second kappa shape index (κ2) is 7.66. The van der Waals surface area contributed by atoms with E-state index in [0.29, 0.717) is 5.92 Å². The van der Waals surface area contributed by atoms with Gasteiger partial charge in [0.2, 0.25) is 0 Å². The molecule has 3 nitrogen and oxygen atoms in total. The van der Waals surface area contributed by atoms with Gasteiger partial charge in [0.05, 0.1) is 5.71 Å². The predicted octanol–water partition coefficient (Wildman–Crippen LogP) is 3.13. The molecule has 1 rings (SSSR count). The molecule has 3 heteroatoms. The second-order valence-electron chi connectivity index (χ2n) is 4.81. The van der Waals surface area contributed by atoms with E-state index in [1.807, 2.05) is 0 Å². The first-order valence-corrected chi connectivity index (χ1v) is 6.75. The fourth-order valence-electron chi connectivity index (χ4n) is 2.45. The number of unbranched alkanes of at least 4 members (excludes halogenated alkanes) is 3. The van der Waals surface area contributed by atoms with Crippen LogP contribution in [0.3, 0.4) is 0 Å². The lowest BCUT2D eigenvalue weighted by Crippen LogP contribution is -2.41. The molecule has 0 saturated carbocycles. The molecule has 0 radical (unpaired) electrons. The van der Waals surface area contributed by atoms with Crippen LogP contribution in [0.1, 0.15) is 52.4 Å². The molecule has 1 heterocycles. The Balaban J connectivity index is 2.25. The fourth-order valence-corrected chi connectivity index (χ4v) is 2.45. The fraction of sp³-hybridized carbons (Fsp3) is 0.923. The molecular weight excluding hydrogens is 200 g/mol. The van der Waals surface area contributed by atoms with Crippen LogP contribution in [0, 0.1) is 5.92 Å². The van der Waals surface area contributed by atoms with Crippen molar-refractivity contribution in [2.45, 2.75) is 52.4 Å². The number of hydrogen-bond donors (Lipinski definition) is 1. The smallest absolute Gasteiger partial charge is 0.0627 e. The van der Waals surface area contributed by atoms with Gasteiger partial charge in [-0.25, -0.2) is 0 Å². The molecule has 0 spiro atoms. The zero-order chi connectivity index (χ0) is 11.8. The molecule has 1 aliphatic rings. The van der Waals surface area contributed by atoms with Gasteiger partial charge in [-0.3, -0.25) is 0 Å². The first kappa shape index (κ1) is 13.5. The van der Waals surface area contributed by atoms with Crippen LogP contribution in [-0.4, -0.2) is 35.5 Å². The normalized spacial score (nSPS) is 25.1. The molecule has 1 atom stereocenters. The number of hydrogen-bond acceptors (Lipinski definition) is 3. The minimum absolute atomic E-state index is 0.477. The van der Waals surface area contributed by atoms with Crippen LogP contribution >= 0.6 is 0 Å². The molecule has 1 N–H and O–H groups in total. The Hall–Kier alpha value is -0.570. The van der Waals surface area contributed by atoms with Crippen molar-refractivity contribution in [1.29, 1.82) is 0 Å². The highest BCUT2D eigenvalue weighted by atomic mass is 16.4. The summed E-state index contributed by atoms with van der Waals surface area (Å²) < 4.78 is 0. The van der Waals surface area contributed by atoms with Crippen molar-refractivity contribution in [2.24, 2.45) is 11.1 Å². The minimum Gasteiger partial charge on any atom is -0.411 e. The summed E-state index contributed by atoms with van der Waals surface area (Å²) in [5.74, 6) is 0.477. The number of likely N-dealkylation sites (tertiary alicyclic amines) is 1. The monoisotopic (exact) mass is 226 g/mol. The Morgan fingerprint density at radius 3 is 2.75 bits per heavy atom. The average Bonchev–Trinajstić information content (AvgIpc) is 2.34. The molecule has 0 aromatic heterocycles. The van der Waals surface area contributed by atoms with Crippen LogP contribution in [0.2, 0.25) is 0 Å². The Morgan fingerprint density at radius 1 is 1.31 bits per heavy atom. The Kier molecular flexibility index (Phi) is 6.46. The van der Waals surface area contributed by atoms with Crippen LogP contribution in [0.4, 0.5) is 0 Å². The van der Waals surface area contributed by atoms with E-state index in [1.54, 1.807) is 0 Å². The average molecular weight is 226 g/mol. The summed E-state index contributed by atoms with van der Waals surface area (Å²) in [5, 5.41) is 12.3. The molecule has 1 aliphatic heterocycles. The zero-order valence-corrected chi connectivity index (χ0v) is 10.8. The van der Waals surface area contributed by atoms with Crippen LogP contribution in [0.5, 0.6) is 0 Å². The van der Waals surface area contributed by atoms with Crippen molar-refractivity contribution in [1.82, 2.24) is 4.90 Å². The topological polar surface area (TPSA) is 35.8 Å². The van der Waals surface area contributed by atoms with Gasteiger partial charge < -0.3 is 10.1 Å². The lowest BCUT2D eigenvalue weighted by atomic mass is 9.93. The molecule has 16 heavy (non-hydrogen) atoms. The van der Waals surface area contributed by atoms with Crippen LogP contribution in [0.25, 0.3) is 0 Å². The van der Waals surface area contributed by atoms with E-state index in [4.69, 9.17) is 5.21 Å². The minimum atomic E-state index is 0.477. The Labute approximate surface area is 99.5 Å². The molecule has 1 unspecified atom stereocenters. The van der Waals surface area contributed by atoms with E-state index >= 15 is 0 Å². The highest BCUT2D eigenvalue weighted by molar-refractivity contribution is 5.87. The van der Waals surface area contributed by atoms with Gasteiger partial charge in [-0.2, -0.15) is 0 Å². The van der Waals surface area contributed by atoms with Crippen molar-refractivity contribution in [3.63, 3.8) is 0 Å². The van der Waals surface area contributed by atoms with Gasteiger partial charge in [0.1, 0.15) is 0 Å². The number of oxime groups is 1. The van der Waals surface area contributed by atoms with Gasteiger partial charge >= 0.3 is 0 Å². The molecule has 1 fully saturated rings.